The van der Waals surface area contributed by atoms with E-state index in [0.717, 1.165) is 0 Å². The van der Waals surface area contributed by atoms with E-state index in [4.69, 9.17) is 20.3 Å². The van der Waals surface area contributed by atoms with Gasteiger partial charge in [0.15, 0.2) is 17.7 Å². The molecule has 13 heteroatoms. The monoisotopic (exact) mass is 347 g/mol. The highest BCUT2D eigenvalue weighted by molar-refractivity contribution is 7.46. The molecular formula is C10H14N5O7P. The number of hydrogen-bond donors (Lipinski definition) is 5. The topological polar surface area (TPSA) is 186 Å². The van der Waals surface area contributed by atoms with Gasteiger partial charge in [-0.3, -0.25) is 9.09 Å². The summed E-state index contributed by atoms with van der Waals surface area (Å²) in [6, 6.07) is 0. The number of rotatable bonds is 4. The Bertz CT molecular complexity index is 763. The number of ether oxygens (including phenoxy) is 1. The summed E-state index contributed by atoms with van der Waals surface area (Å²) in [5.41, 5.74) is 6.25. The number of nitrogens with zero attached hydrogens (tertiary/aromatic N) is 4. The highest BCUT2D eigenvalue weighted by atomic mass is 31.2. The molecule has 0 radical (unpaired) electrons. The summed E-state index contributed by atoms with van der Waals surface area (Å²) in [4.78, 5) is 29.2. The Labute approximate surface area is 128 Å². The van der Waals surface area contributed by atoms with Crippen molar-refractivity contribution < 1.29 is 33.8 Å². The van der Waals surface area contributed by atoms with Gasteiger partial charge >= 0.3 is 7.82 Å². The number of aromatic nitrogens is 4. The van der Waals surface area contributed by atoms with Crippen LogP contribution < -0.4 is 5.73 Å². The van der Waals surface area contributed by atoms with Crippen LogP contribution in [-0.4, -0.2) is 64.4 Å². The van der Waals surface area contributed by atoms with Gasteiger partial charge in [0.1, 0.15) is 30.2 Å². The molecule has 4 atom stereocenters. The maximum atomic E-state index is 10.7. The summed E-state index contributed by atoms with van der Waals surface area (Å²) in [5.74, 6) is 0.142. The van der Waals surface area contributed by atoms with Crippen LogP contribution in [0.4, 0.5) is 5.82 Å². The Morgan fingerprint density at radius 2 is 2.04 bits per heavy atom. The van der Waals surface area contributed by atoms with Gasteiger partial charge in [-0.05, 0) is 0 Å². The molecule has 0 aromatic carbocycles. The molecule has 1 fully saturated rings. The second-order valence-electron chi connectivity index (χ2n) is 4.92. The van der Waals surface area contributed by atoms with E-state index in [9.17, 15) is 14.8 Å². The lowest BCUT2D eigenvalue weighted by Crippen LogP contribution is -2.33. The molecule has 1 aliphatic heterocycles. The molecule has 0 aliphatic carbocycles. The van der Waals surface area contributed by atoms with E-state index >= 15 is 0 Å². The smallest absolute Gasteiger partial charge is 0.387 e. The molecule has 12 nitrogen and oxygen atoms in total. The lowest BCUT2D eigenvalue weighted by molar-refractivity contribution is -0.0504. The van der Waals surface area contributed by atoms with Crippen molar-refractivity contribution in [3.63, 3.8) is 0 Å². The molecule has 1 unspecified atom stereocenters. The first-order chi connectivity index (χ1) is 10.8. The van der Waals surface area contributed by atoms with Crippen molar-refractivity contribution in [2.45, 2.75) is 24.5 Å². The van der Waals surface area contributed by atoms with Crippen LogP contribution in [-0.2, 0) is 13.8 Å². The Balaban J connectivity index is 1.85. The molecule has 126 valence electrons. The third-order valence-electron chi connectivity index (χ3n) is 3.41. The van der Waals surface area contributed by atoms with Crippen LogP contribution in [0.15, 0.2) is 12.7 Å². The third kappa shape index (κ3) is 3.05. The van der Waals surface area contributed by atoms with Crippen LogP contribution in [0.5, 0.6) is 0 Å². The van der Waals surface area contributed by atoms with Gasteiger partial charge in [0.25, 0.3) is 0 Å². The maximum Gasteiger partial charge on any atom is 0.469 e. The van der Waals surface area contributed by atoms with Gasteiger partial charge in [-0.1, -0.05) is 0 Å². The van der Waals surface area contributed by atoms with Gasteiger partial charge in [-0.2, -0.15) is 0 Å². The molecule has 1 aliphatic rings. The predicted molar refractivity (Wildman–Crippen MR) is 73.7 cm³/mol. The number of aliphatic hydroxyl groups excluding tert-OH is 2. The van der Waals surface area contributed by atoms with Crippen LogP contribution in [0.3, 0.4) is 0 Å². The van der Waals surface area contributed by atoms with Gasteiger partial charge in [-0.25, -0.2) is 19.5 Å². The summed E-state index contributed by atoms with van der Waals surface area (Å²) < 4.78 is 21.8. The molecule has 3 rings (SSSR count). The number of imidazole rings is 1. The van der Waals surface area contributed by atoms with Crippen molar-refractivity contribution >= 4 is 24.8 Å². The third-order valence-corrected chi connectivity index (χ3v) is 3.89. The number of fused-ring (bicyclic) bond motifs is 1. The molecular weight excluding hydrogens is 333 g/mol. The van der Waals surface area contributed by atoms with Crippen molar-refractivity contribution in [1.29, 1.82) is 0 Å². The highest BCUT2D eigenvalue weighted by Crippen LogP contribution is 2.38. The predicted octanol–water partition coefficient (Wildman–Crippen LogP) is -1.86. The lowest BCUT2D eigenvalue weighted by Gasteiger charge is -2.16. The van der Waals surface area contributed by atoms with Crippen LogP contribution in [0.1, 0.15) is 6.23 Å². The number of phosphoric acid groups is 1. The lowest BCUT2D eigenvalue weighted by atomic mass is 10.1. The van der Waals surface area contributed by atoms with Crippen LogP contribution in [0, 0.1) is 0 Å². The van der Waals surface area contributed by atoms with Crippen molar-refractivity contribution in [2.75, 3.05) is 12.3 Å². The number of anilines is 1. The van der Waals surface area contributed by atoms with Crippen molar-refractivity contribution in [2.24, 2.45) is 0 Å². The van der Waals surface area contributed by atoms with Crippen LogP contribution in [0.2, 0.25) is 0 Å². The van der Waals surface area contributed by atoms with Gasteiger partial charge in [0, 0.05) is 0 Å². The van der Waals surface area contributed by atoms with Crippen LogP contribution in [0.25, 0.3) is 11.2 Å². The SMILES string of the molecule is Nc1ncnc2c1ncn2C1O[C@H](COP(=O)(O)O)[C@H](O)[C@H]1O. The van der Waals surface area contributed by atoms with E-state index in [1.54, 1.807) is 0 Å². The molecule has 0 bridgehead atoms. The van der Waals surface area contributed by atoms with Gasteiger partial charge in [0.05, 0.1) is 12.9 Å². The summed E-state index contributed by atoms with van der Waals surface area (Å²) >= 11 is 0. The van der Waals surface area contributed by atoms with Gasteiger partial charge in [-0.15, -0.1) is 0 Å². The molecule has 6 N–H and O–H groups in total. The molecule has 2 aromatic heterocycles. The zero-order valence-electron chi connectivity index (χ0n) is 11.5. The highest BCUT2D eigenvalue weighted by Gasteiger charge is 2.45. The Morgan fingerprint density at radius 1 is 1.30 bits per heavy atom. The first-order valence-electron chi connectivity index (χ1n) is 6.42. The fraction of sp³-hybridized carbons (Fsp3) is 0.500. The number of nitrogens with two attached hydrogens (primary N) is 1. The van der Waals surface area contributed by atoms with E-state index in [0.29, 0.717) is 5.52 Å². The first kappa shape index (κ1) is 16.2. The standard InChI is InChI=1S/C10H14N5O7P/c11-8-5-9(13-2-12-8)15(3-14-5)10-7(17)6(16)4(22-10)1-21-23(18,19)20/h2-4,6-7,10,16-17H,1H2,(H2,11,12,13)(H2,18,19,20)/t4-,6+,7-,10?/m1/s1. The fourth-order valence-electron chi connectivity index (χ4n) is 2.32. The summed E-state index contributed by atoms with van der Waals surface area (Å²) in [7, 11) is -4.72. The number of nitrogen functional groups attached to an aromatic ring is 1. The molecule has 0 amide bonds. The number of aliphatic hydroxyl groups is 2. The zero-order chi connectivity index (χ0) is 16.8. The number of phosphoric ester groups is 1. The van der Waals surface area contributed by atoms with E-state index < -0.39 is 39.0 Å². The van der Waals surface area contributed by atoms with E-state index in [-0.39, 0.29) is 11.5 Å². The average Bonchev–Trinajstić information content (AvgIpc) is 3.01. The minimum atomic E-state index is -4.72. The van der Waals surface area contributed by atoms with Crippen molar-refractivity contribution in [1.82, 2.24) is 19.5 Å². The normalized spacial score (nSPS) is 28.5. The van der Waals surface area contributed by atoms with E-state index in [1.807, 2.05) is 0 Å². The first-order valence-corrected chi connectivity index (χ1v) is 7.95. The zero-order valence-corrected chi connectivity index (χ0v) is 12.4. The van der Waals surface area contributed by atoms with Crippen molar-refractivity contribution in [3.05, 3.63) is 12.7 Å². The molecule has 2 aromatic rings. The van der Waals surface area contributed by atoms with Gasteiger partial charge in [0.2, 0.25) is 0 Å². The second kappa shape index (κ2) is 5.76. The Hall–Kier alpha value is -1.66. The number of hydrogen-bond acceptors (Lipinski definition) is 9. The molecule has 3 heterocycles. The van der Waals surface area contributed by atoms with E-state index in [1.165, 1.54) is 17.2 Å². The summed E-state index contributed by atoms with van der Waals surface area (Å²) in [6.07, 6.45) is -2.49. The largest absolute Gasteiger partial charge is 0.469 e. The minimum absolute atomic E-state index is 0.142. The molecule has 23 heavy (non-hydrogen) atoms. The molecule has 1 saturated heterocycles. The Kier molecular flexibility index (Phi) is 4.06. The quantitative estimate of drug-likeness (QED) is 0.390. The van der Waals surface area contributed by atoms with Crippen LogP contribution >= 0.6 is 7.82 Å². The van der Waals surface area contributed by atoms with Crippen molar-refractivity contribution in [3.8, 4) is 0 Å². The minimum Gasteiger partial charge on any atom is -0.387 e. The van der Waals surface area contributed by atoms with Gasteiger partial charge < -0.3 is 30.5 Å². The van der Waals surface area contributed by atoms with E-state index in [2.05, 4.69) is 19.5 Å². The maximum absolute atomic E-state index is 10.7. The second-order valence-corrected chi connectivity index (χ2v) is 6.15. The fourth-order valence-corrected chi connectivity index (χ4v) is 2.66. The summed E-state index contributed by atoms with van der Waals surface area (Å²) in [6.45, 7) is -0.594. The molecule has 0 spiro atoms. The Morgan fingerprint density at radius 3 is 2.74 bits per heavy atom. The summed E-state index contributed by atoms with van der Waals surface area (Å²) in [5, 5.41) is 20.1. The molecule has 0 saturated carbocycles. The average molecular weight is 347 g/mol.